The number of nitro groups is 3. The van der Waals surface area contributed by atoms with Gasteiger partial charge in [-0.2, -0.15) is 4.39 Å². The molecule has 4 N–H and O–H groups in total. The number of rotatable bonds is 7. The summed E-state index contributed by atoms with van der Waals surface area (Å²) in [5.41, 5.74) is 4.96. The van der Waals surface area contributed by atoms with Crippen LogP contribution in [0.1, 0.15) is 128 Å². The number of nitrogens with one attached hydrogen (secondary N) is 2. The number of carbonyl (C=O) groups is 3. The molecule has 3 spiro atoms. The fraction of sp³-hybridized carbons (Fsp3) is 0.618. The summed E-state index contributed by atoms with van der Waals surface area (Å²) < 4.78 is 28.8. The molecule has 3 aromatic rings. The number of amides is 3. The quantitative estimate of drug-likeness (QED) is 0.113. The molecule has 25 heteroatoms. The molecule has 3 aliphatic carbocycles. The zero-order valence-electron chi connectivity index (χ0n) is 46.2. The second-order valence-corrected chi connectivity index (χ2v) is 26.0. The molecule has 80 heavy (non-hydrogen) atoms. The molecule has 0 atom stereocenters. The lowest BCUT2D eigenvalue weighted by Gasteiger charge is -2.45. The Bertz CT molecular complexity index is 2610. The highest BCUT2D eigenvalue weighted by molar-refractivity contribution is 6.33. The highest BCUT2D eigenvalue weighted by atomic mass is 35.5. The van der Waals surface area contributed by atoms with Crippen molar-refractivity contribution in [3.63, 3.8) is 0 Å². The smallest absolute Gasteiger partial charge is 0.410 e. The third kappa shape index (κ3) is 17.0. The average molecular weight is 1180 g/mol. The lowest BCUT2D eigenvalue weighted by Crippen LogP contribution is -2.48. The van der Waals surface area contributed by atoms with E-state index in [-0.39, 0.29) is 75.1 Å². The van der Waals surface area contributed by atoms with Crippen molar-refractivity contribution in [2.24, 2.45) is 22.0 Å². The number of benzene rings is 3. The Morgan fingerprint density at radius 1 is 0.550 bits per heavy atom. The molecule has 3 saturated heterocycles. The number of anilines is 2. The van der Waals surface area contributed by atoms with Crippen molar-refractivity contribution in [1.29, 1.82) is 0 Å². The van der Waals surface area contributed by atoms with Crippen LogP contribution in [0.3, 0.4) is 0 Å². The minimum absolute atomic E-state index is 0. The van der Waals surface area contributed by atoms with Gasteiger partial charge >= 0.3 is 35.3 Å². The Morgan fingerprint density at radius 2 is 0.838 bits per heavy atom. The van der Waals surface area contributed by atoms with Gasteiger partial charge in [0.05, 0.1) is 14.8 Å². The van der Waals surface area contributed by atoms with Gasteiger partial charge in [0.25, 0.3) is 0 Å². The number of ether oxygens (including phenoxy) is 3. The molecule has 21 nitrogen and oxygen atoms in total. The molecule has 0 aromatic heterocycles. The molecular formula is C55H77Cl3FN9O12. The maximum atomic E-state index is 12.6. The van der Waals surface area contributed by atoms with Crippen LogP contribution in [0.25, 0.3) is 0 Å². The van der Waals surface area contributed by atoms with Crippen LogP contribution in [0.2, 0.25) is 15.1 Å². The van der Waals surface area contributed by atoms with E-state index in [1.807, 2.05) is 67.2 Å². The number of nitro benzene ring substituents is 3. The maximum Gasteiger partial charge on any atom is 0.410 e. The summed E-state index contributed by atoms with van der Waals surface area (Å²) in [5, 5.41) is 39.2. The van der Waals surface area contributed by atoms with E-state index in [0.717, 1.165) is 76.9 Å². The van der Waals surface area contributed by atoms with Crippen LogP contribution in [0.4, 0.5) is 47.2 Å². The van der Waals surface area contributed by atoms with Crippen molar-refractivity contribution in [1.82, 2.24) is 14.7 Å². The SMILES string of the molecule is C.CC(C)(C)OC(=O)N1CCC2(CC(N)C2)C1.CC(C)(C)OC(=O)N1CCC2(CC(Nc3cccc(Cl)c3[N+](=O)[O-])C2)C1.CC(C)(C)OC(=O)N1CCC2(CC(Nc3cccc(Cl)c3[N+](=O)[O-])C2)C1.O=[N+]([O-])c1c(F)cccc1Cl. The fourth-order valence-electron chi connectivity index (χ4n) is 11.2. The Morgan fingerprint density at radius 3 is 1.10 bits per heavy atom. The van der Waals surface area contributed by atoms with E-state index in [0.29, 0.717) is 49.0 Å². The summed E-state index contributed by atoms with van der Waals surface area (Å²) in [7, 11) is 0. The van der Waals surface area contributed by atoms with E-state index in [1.165, 1.54) is 24.3 Å². The van der Waals surface area contributed by atoms with Gasteiger partial charge in [0.2, 0.25) is 5.82 Å². The Balaban J connectivity index is 0.000000205. The monoisotopic (exact) mass is 1180 g/mol. The molecular weight excluding hydrogens is 1100 g/mol. The van der Waals surface area contributed by atoms with Gasteiger partial charge in [-0.05, 0) is 173 Å². The first kappa shape index (κ1) is 64.8. The molecule has 3 amide bonds. The van der Waals surface area contributed by atoms with Crippen molar-refractivity contribution in [2.75, 3.05) is 49.9 Å². The topological polar surface area (TPSA) is 268 Å². The maximum absolute atomic E-state index is 12.6. The van der Waals surface area contributed by atoms with E-state index >= 15 is 0 Å². The molecule has 0 bridgehead atoms. The highest BCUT2D eigenvalue weighted by Gasteiger charge is 2.52. The molecule has 0 radical (unpaired) electrons. The second-order valence-electron chi connectivity index (χ2n) is 24.7. The molecule has 6 fully saturated rings. The van der Waals surface area contributed by atoms with Gasteiger partial charge in [-0.1, -0.05) is 60.4 Å². The third-order valence-electron chi connectivity index (χ3n) is 14.6. The minimum atomic E-state index is -0.914. The van der Waals surface area contributed by atoms with Gasteiger partial charge in [0.15, 0.2) is 0 Å². The predicted molar refractivity (Wildman–Crippen MR) is 306 cm³/mol. The highest BCUT2D eigenvalue weighted by Crippen LogP contribution is 2.52. The largest absolute Gasteiger partial charge is 0.444 e. The zero-order chi connectivity index (χ0) is 58.6. The van der Waals surface area contributed by atoms with Crippen molar-refractivity contribution >= 4 is 81.5 Å². The van der Waals surface area contributed by atoms with E-state index in [9.17, 15) is 49.1 Å². The van der Waals surface area contributed by atoms with Crippen molar-refractivity contribution in [2.45, 2.75) is 162 Å². The lowest BCUT2D eigenvalue weighted by molar-refractivity contribution is -0.387. The second kappa shape index (κ2) is 25.4. The summed E-state index contributed by atoms with van der Waals surface area (Å²) in [5.74, 6) is -0.914. The molecule has 442 valence electrons. The molecule has 9 rings (SSSR count). The van der Waals surface area contributed by atoms with E-state index in [1.54, 1.807) is 34.1 Å². The van der Waals surface area contributed by atoms with Gasteiger partial charge in [-0.15, -0.1) is 0 Å². The number of nitrogens with zero attached hydrogens (tertiary/aromatic N) is 6. The average Bonchev–Trinajstić information content (AvgIpc) is 4.04. The lowest BCUT2D eigenvalue weighted by atomic mass is 9.65. The number of carbonyl (C=O) groups excluding carboxylic acids is 3. The van der Waals surface area contributed by atoms with Crippen LogP contribution in [0, 0.1) is 52.4 Å². The summed E-state index contributed by atoms with van der Waals surface area (Å²) in [6.07, 6.45) is 7.85. The molecule has 3 aliphatic heterocycles. The number of hydrogen-bond acceptors (Lipinski definition) is 15. The number of para-hydroxylation sites is 3. The van der Waals surface area contributed by atoms with Gasteiger partial charge in [0, 0.05) is 57.4 Å². The summed E-state index contributed by atoms with van der Waals surface area (Å²) in [4.78, 5) is 72.5. The Kier molecular flexibility index (Phi) is 20.6. The molecule has 0 unspecified atom stereocenters. The van der Waals surface area contributed by atoms with Crippen LogP contribution in [-0.2, 0) is 14.2 Å². The van der Waals surface area contributed by atoms with Crippen LogP contribution >= 0.6 is 34.8 Å². The predicted octanol–water partition coefficient (Wildman–Crippen LogP) is 13.7. The first-order chi connectivity index (χ1) is 36.6. The first-order valence-electron chi connectivity index (χ1n) is 26.3. The molecule has 6 aliphatic rings. The van der Waals surface area contributed by atoms with E-state index in [4.69, 9.17) is 54.7 Å². The van der Waals surface area contributed by atoms with E-state index in [2.05, 4.69) is 10.6 Å². The number of halogens is 4. The normalized spacial score (nSPS) is 24.4. The standard InChI is InChI=1S/2C18H24ClN3O4.C12H22N2O2.C6H3ClFNO2.CH4/c2*1-17(2,3)26-16(23)21-8-7-18(11-21)9-12(10-18)20-14-6-4-5-13(19)15(14)22(24)25;1-11(2,3)16-10(15)14-5-4-12(8-14)6-9(13)7-12;7-4-2-1-3-5(8)6(4)9(10)11;/h2*4-6,12,20H,7-11H2,1-3H3;9H,4-8,13H2,1-3H3;1-3H;1H4. The summed E-state index contributed by atoms with van der Waals surface area (Å²) in [6, 6.07) is 14.0. The van der Waals surface area contributed by atoms with Gasteiger partial charge in [-0.3, -0.25) is 30.3 Å². The van der Waals surface area contributed by atoms with Gasteiger partial charge in [0.1, 0.15) is 43.2 Å². The molecule has 3 aromatic carbocycles. The van der Waals surface area contributed by atoms with Crippen LogP contribution in [0.5, 0.6) is 0 Å². The molecule has 3 saturated carbocycles. The van der Waals surface area contributed by atoms with Gasteiger partial charge in [-0.25, -0.2) is 14.4 Å². The van der Waals surface area contributed by atoms with Crippen molar-refractivity contribution < 1.29 is 47.8 Å². The number of hydrogen-bond donors (Lipinski definition) is 3. The minimum Gasteiger partial charge on any atom is -0.444 e. The van der Waals surface area contributed by atoms with Crippen LogP contribution < -0.4 is 16.4 Å². The van der Waals surface area contributed by atoms with Gasteiger partial charge < -0.3 is 45.3 Å². The zero-order valence-corrected chi connectivity index (χ0v) is 48.5. The molecule has 3 heterocycles. The van der Waals surface area contributed by atoms with Crippen LogP contribution in [0.15, 0.2) is 54.6 Å². The summed E-state index contributed by atoms with van der Waals surface area (Å²) in [6.45, 7) is 21.2. The van der Waals surface area contributed by atoms with Crippen LogP contribution in [-0.4, -0.2) is 122 Å². The third-order valence-corrected chi connectivity index (χ3v) is 15.5. The first-order valence-corrected chi connectivity index (χ1v) is 27.4. The number of nitrogens with two attached hydrogens (primary N) is 1. The number of likely N-dealkylation sites (tertiary alicyclic amines) is 3. The summed E-state index contributed by atoms with van der Waals surface area (Å²) >= 11 is 17.3. The Hall–Kier alpha value is -5.97. The van der Waals surface area contributed by atoms with Crippen molar-refractivity contribution in [3.8, 4) is 0 Å². The van der Waals surface area contributed by atoms with Crippen molar-refractivity contribution in [3.05, 3.63) is 106 Å². The fourth-order valence-corrected chi connectivity index (χ4v) is 11.9. The Labute approximate surface area is 482 Å². The van der Waals surface area contributed by atoms with E-state index < -0.39 is 43.1 Å².